The van der Waals surface area contributed by atoms with Crippen LogP contribution in [-0.2, 0) is 0 Å². The molecule has 0 spiro atoms. The molecule has 0 bridgehead atoms. The SMILES string of the molecule is Cc1nc(C)c(C(C)Nc2ccc(N)c(N)n2)s1. The van der Waals surface area contributed by atoms with E-state index in [-0.39, 0.29) is 6.04 Å². The van der Waals surface area contributed by atoms with Gasteiger partial charge in [-0.1, -0.05) is 0 Å². The van der Waals surface area contributed by atoms with Crippen LogP contribution in [0.5, 0.6) is 0 Å². The Balaban J connectivity index is 2.18. The number of nitrogens with one attached hydrogen (secondary N) is 1. The molecular weight excluding hydrogens is 246 g/mol. The Morgan fingerprint density at radius 2 is 1.94 bits per heavy atom. The van der Waals surface area contributed by atoms with Gasteiger partial charge < -0.3 is 16.8 Å². The molecule has 1 unspecified atom stereocenters. The van der Waals surface area contributed by atoms with Crippen LogP contribution in [0.4, 0.5) is 17.3 Å². The summed E-state index contributed by atoms with van der Waals surface area (Å²) in [6.07, 6.45) is 0. The summed E-state index contributed by atoms with van der Waals surface area (Å²) in [6, 6.07) is 3.72. The van der Waals surface area contributed by atoms with E-state index in [1.165, 1.54) is 4.88 Å². The van der Waals surface area contributed by atoms with E-state index in [1.807, 2.05) is 19.9 Å². The number of pyridine rings is 1. The molecule has 0 aliphatic rings. The zero-order valence-electron chi connectivity index (χ0n) is 10.7. The van der Waals surface area contributed by atoms with Crippen molar-refractivity contribution < 1.29 is 0 Å². The smallest absolute Gasteiger partial charge is 0.149 e. The van der Waals surface area contributed by atoms with Gasteiger partial charge in [0.1, 0.15) is 11.6 Å². The molecule has 0 aliphatic carbocycles. The minimum Gasteiger partial charge on any atom is -0.396 e. The molecule has 0 aliphatic heterocycles. The van der Waals surface area contributed by atoms with E-state index in [9.17, 15) is 0 Å². The number of hydrogen-bond donors (Lipinski definition) is 3. The molecule has 96 valence electrons. The molecule has 0 saturated heterocycles. The molecule has 0 aromatic carbocycles. The fraction of sp³-hybridized carbons (Fsp3) is 0.333. The highest BCUT2D eigenvalue weighted by Crippen LogP contribution is 2.27. The average Bonchev–Trinajstić information content (AvgIpc) is 2.63. The molecule has 0 saturated carbocycles. The van der Waals surface area contributed by atoms with E-state index in [0.717, 1.165) is 16.5 Å². The normalized spacial score (nSPS) is 12.4. The zero-order valence-corrected chi connectivity index (χ0v) is 11.5. The first-order chi connectivity index (χ1) is 8.47. The first kappa shape index (κ1) is 12.6. The number of thiazole rings is 1. The molecular formula is C12H17N5S. The number of nitrogen functional groups attached to an aromatic ring is 2. The Kier molecular flexibility index (Phi) is 3.38. The van der Waals surface area contributed by atoms with Gasteiger partial charge in [0.15, 0.2) is 0 Å². The predicted molar refractivity (Wildman–Crippen MR) is 76.7 cm³/mol. The predicted octanol–water partition coefficient (Wildman–Crippen LogP) is 2.49. The first-order valence-electron chi connectivity index (χ1n) is 5.70. The summed E-state index contributed by atoms with van der Waals surface area (Å²) < 4.78 is 0. The maximum absolute atomic E-state index is 5.68. The Labute approximate surface area is 110 Å². The summed E-state index contributed by atoms with van der Waals surface area (Å²) in [7, 11) is 0. The van der Waals surface area contributed by atoms with Crippen molar-refractivity contribution in [1.82, 2.24) is 9.97 Å². The highest BCUT2D eigenvalue weighted by atomic mass is 32.1. The third-order valence-corrected chi connectivity index (χ3v) is 3.91. The molecule has 0 amide bonds. The largest absolute Gasteiger partial charge is 0.396 e. The lowest BCUT2D eigenvalue weighted by Crippen LogP contribution is -2.09. The van der Waals surface area contributed by atoms with Crippen LogP contribution in [-0.4, -0.2) is 9.97 Å². The van der Waals surface area contributed by atoms with Crippen molar-refractivity contribution in [3.8, 4) is 0 Å². The topological polar surface area (TPSA) is 89.8 Å². The third-order valence-electron chi connectivity index (χ3n) is 2.65. The summed E-state index contributed by atoms with van der Waals surface area (Å²) in [5.41, 5.74) is 12.9. The molecule has 2 rings (SSSR count). The molecule has 5 nitrogen and oxygen atoms in total. The van der Waals surface area contributed by atoms with Crippen molar-refractivity contribution in [2.24, 2.45) is 0 Å². The Bertz CT molecular complexity index is 564. The lowest BCUT2D eigenvalue weighted by atomic mass is 10.2. The Hall–Kier alpha value is -1.82. The van der Waals surface area contributed by atoms with Crippen molar-refractivity contribution in [2.75, 3.05) is 16.8 Å². The number of aromatic nitrogens is 2. The van der Waals surface area contributed by atoms with Gasteiger partial charge in [-0.15, -0.1) is 11.3 Å². The van der Waals surface area contributed by atoms with Crippen LogP contribution in [0.15, 0.2) is 12.1 Å². The van der Waals surface area contributed by atoms with Crippen LogP contribution < -0.4 is 16.8 Å². The number of aryl methyl sites for hydroxylation is 2. The van der Waals surface area contributed by atoms with Gasteiger partial charge in [0.2, 0.25) is 0 Å². The van der Waals surface area contributed by atoms with Crippen LogP contribution in [0.25, 0.3) is 0 Å². The summed E-state index contributed by atoms with van der Waals surface area (Å²) in [4.78, 5) is 9.83. The van der Waals surface area contributed by atoms with Gasteiger partial charge in [-0.2, -0.15) is 0 Å². The van der Waals surface area contributed by atoms with Crippen molar-refractivity contribution in [1.29, 1.82) is 0 Å². The van der Waals surface area contributed by atoms with Gasteiger partial charge in [-0.25, -0.2) is 9.97 Å². The summed E-state index contributed by atoms with van der Waals surface area (Å²) in [6.45, 7) is 6.10. The Morgan fingerprint density at radius 1 is 1.22 bits per heavy atom. The Morgan fingerprint density at radius 3 is 2.50 bits per heavy atom. The molecule has 2 aromatic rings. The second kappa shape index (κ2) is 4.81. The summed E-state index contributed by atoms with van der Waals surface area (Å²) in [5.74, 6) is 1.07. The minimum absolute atomic E-state index is 0.145. The lowest BCUT2D eigenvalue weighted by Gasteiger charge is -2.14. The molecule has 0 radical (unpaired) electrons. The van der Waals surface area contributed by atoms with Gasteiger partial charge in [-0.05, 0) is 32.9 Å². The van der Waals surface area contributed by atoms with Crippen LogP contribution in [0.3, 0.4) is 0 Å². The second-order valence-electron chi connectivity index (χ2n) is 4.22. The zero-order chi connectivity index (χ0) is 13.3. The van der Waals surface area contributed by atoms with E-state index in [0.29, 0.717) is 11.5 Å². The molecule has 18 heavy (non-hydrogen) atoms. The van der Waals surface area contributed by atoms with Crippen LogP contribution in [0.1, 0.15) is 28.5 Å². The van der Waals surface area contributed by atoms with Crippen LogP contribution >= 0.6 is 11.3 Å². The third kappa shape index (κ3) is 2.53. The van der Waals surface area contributed by atoms with E-state index in [1.54, 1.807) is 17.4 Å². The molecule has 1 atom stereocenters. The second-order valence-corrected chi connectivity index (χ2v) is 5.45. The van der Waals surface area contributed by atoms with Crippen molar-refractivity contribution in [2.45, 2.75) is 26.8 Å². The number of rotatable bonds is 3. The lowest BCUT2D eigenvalue weighted by molar-refractivity contribution is 0.880. The quantitative estimate of drug-likeness (QED) is 0.791. The van der Waals surface area contributed by atoms with E-state index in [2.05, 4.69) is 22.2 Å². The maximum atomic E-state index is 5.68. The van der Waals surface area contributed by atoms with E-state index < -0.39 is 0 Å². The monoisotopic (exact) mass is 263 g/mol. The number of nitrogens with zero attached hydrogens (tertiary/aromatic N) is 2. The highest BCUT2D eigenvalue weighted by Gasteiger charge is 2.13. The van der Waals surface area contributed by atoms with Gasteiger partial charge in [0.25, 0.3) is 0 Å². The van der Waals surface area contributed by atoms with Crippen LogP contribution in [0, 0.1) is 13.8 Å². The molecule has 0 fully saturated rings. The highest BCUT2D eigenvalue weighted by molar-refractivity contribution is 7.11. The summed E-state index contributed by atoms with van der Waals surface area (Å²) in [5, 5.41) is 4.37. The first-order valence-corrected chi connectivity index (χ1v) is 6.51. The van der Waals surface area contributed by atoms with Crippen molar-refractivity contribution in [3.05, 3.63) is 27.7 Å². The fourth-order valence-corrected chi connectivity index (χ4v) is 2.73. The summed E-state index contributed by atoms with van der Waals surface area (Å²) >= 11 is 1.69. The van der Waals surface area contributed by atoms with E-state index in [4.69, 9.17) is 11.5 Å². The van der Waals surface area contributed by atoms with Gasteiger partial charge >= 0.3 is 0 Å². The molecule has 6 heteroatoms. The number of hydrogen-bond acceptors (Lipinski definition) is 6. The van der Waals surface area contributed by atoms with Crippen LogP contribution in [0.2, 0.25) is 0 Å². The molecule has 2 heterocycles. The number of anilines is 3. The van der Waals surface area contributed by atoms with E-state index >= 15 is 0 Å². The molecule has 2 aromatic heterocycles. The van der Waals surface area contributed by atoms with Crippen molar-refractivity contribution >= 4 is 28.7 Å². The number of nitrogens with two attached hydrogens (primary N) is 2. The molecule has 5 N–H and O–H groups in total. The fourth-order valence-electron chi connectivity index (χ4n) is 1.80. The standard InChI is InChI=1S/C12H17N5S/c1-6-11(18-8(3)15-6)7(2)16-10-5-4-9(13)12(14)17-10/h4-5,7H,13H2,1-3H3,(H3,14,16,17). The average molecular weight is 263 g/mol. The van der Waals surface area contributed by atoms with Crippen molar-refractivity contribution in [3.63, 3.8) is 0 Å². The van der Waals surface area contributed by atoms with Gasteiger partial charge in [0.05, 0.1) is 22.4 Å². The van der Waals surface area contributed by atoms with Gasteiger partial charge in [0, 0.05) is 4.88 Å². The van der Waals surface area contributed by atoms with Gasteiger partial charge in [-0.3, -0.25) is 0 Å². The maximum Gasteiger partial charge on any atom is 0.149 e. The minimum atomic E-state index is 0.145.